The number of ether oxygens (including phenoxy) is 1. The quantitative estimate of drug-likeness (QED) is 0.174. The first-order valence-corrected chi connectivity index (χ1v) is 13.2. The van der Waals surface area contributed by atoms with E-state index >= 15 is 0 Å². The van der Waals surface area contributed by atoms with Crippen LogP contribution in [-0.2, 0) is 4.79 Å². The van der Waals surface area contributed by atoms with Crippen LogP contribution >= 0.6 is 0 Å². The summed E-state index contributed by atoms with van der Waals surface area (Å²) in [6, 6.07) is 17.8. The summed E-state index contributed by atoms with van der Waals surface area (Å²) in [5.41, 5.74) is 4.91. The molecule has 2 aliphatic heterocycles. The van der Waals surface area contributed by atoms with Crippen molar-refractivity contribution in [3.63, 3.8) is 0 Å². The van der Waals surface area contributed by atoms with Gasteiger partial charge in [-0.25, -0.2) is 18.7 Å². The van der Waals surface area contributed by atoms with Gasteiger partial charge >= 0.3 is 12.1 Å². The number of benzene rings is 2. The Labute approximate surface area is 236 Å². The summed E-state index contributed by atoms with van der Waals surface area (Å²) < 4.78 is 59.1. The van der Waals surface area contributed by atoms with Gasteiger partial charge in [0.25, 0.3) is 0 Å². The molecule has 0 spiro atoms. The van der Waals surface area contributed by atoms with Crippen molar-refractivity contribution in [2.24, 2.45) is 0 Å². The van der Waals surface area contributed by atoms with Gasteiger partial charge in [0.05, 0.1) is 11.3 Å². The molecule has 0 saturated carbocycles. The zero-order valence-corrected chi connectivity index (χ0v) is 21.8. The normalized spacial score (nSPS) is 18.1. The van der Waals surface area contributed by atoms with Crippen molar-refractivity contribution >= 4 is 17.3 Å². The van der Waals surface area contributed by atoms with Crippen molar-refractivity contribution in [3.8, 4) is 39.4 Å². The van der Waals surface area contributed by atoms with E-state index in [0.717, 1.165) is 48.6 Å². The number of rotatable bonds is 5. The van der Waals surface area contributed by atoms with Crippen LogP contribution in [0.2, 0.25) is 0 Å². The highest BCUT2D eigenvalue weighted by molar-refractivity contribution is 5.92. The van der Waals surface area contributed by atoms with Gasteiger partial charge < -0.3 is 15.0 Å². The number of aromatic nitrogens is 4. The van der Waals surface area contributed by atoms with Gasteiger partial charge in [-0.2, -0.15) is 18.3 Å². The van der Waals surface area contributed by atoms with Gasteiger partial charge in [0.1, 0.15) is 5.69 Å². The summed E-state index contributed by atoms with van der Waals surface area (Å²) in [6.07, 6.45) is 0.628. The number of halogens is 4. The van der Waals surface area contributed by atoms with E-state index in [0.29, 0.717) is 34.6 Å². The number of carbonyl (C=O) groups is 1. The van der Waals surface area contributed by atoms with E-state index in [2.05, 4.69) is 37.1 Å². The number of anilines is 1. The maximum Gasteiger partial charge on any atom is 0.491 e. The van der Waals surface area contributed by atoms with Crippen LogP contribution in [0, 0.1) is 5.82 Å². The van der Waals surface area contributed by atoms with Crippen LogP contribution in [0.5, 0.6) is 5.75 Å². The fourth-order valence-electron chi connectivity index (χ4n) is 5.74. The molecule has 1 N–H and O–H groups in total. The third-order valence-corrected chi connectivity index (χ3v) is 7.68. The lowest BCUT2D eigenvalue weighted by Crippen LogP contribution is -2.43. The third kappa shape index (κ3) is 4.53. The molecule has 8 nitrogen and oxygen atoms in total. The smallest absolute Gasteiger partial charge is 0.417 e. The predicted octanol–water partition coefficient (Wildman–Crippen LogP) is 5.28. The Bertz CT molecular complexity index is 1810. The molecule has 2 aliphatic rings. The summed E-state index contributed by atoms with van der Waals surface area (Å²) in [4.78, 5) is 22.5. The van der Waals surface area contributed by atoms with Crippen molar-refractivity contribution in [1.82, 2.24) is 24.9 Å². The number of carbonyl (C=O) groups excluding carboxylic acids is 1. The lowest BCUT2D eigenvalue weighted by atomic mass is 10.0. The van der Waals surface area contributed by atoms with E-state index in [4.69, 9.17) is 5.10 Å². The van der Waals surface area contributed by atoms with Crippen molar-refractivity contribution in [2.75, 3.05) is 18.0 Å². The highest BCUT2D eigenvalue weighted by atomic mass is 19.4. The SMILES string of the molecule is O=C(Oc1cc(-c2c(-c3ccncc3)nn3c(-c4ccc(N5C[C@@H]6C[C@H]5CN6)cc4)ccnc23)ccc1F)C(F)(F)F. The van der Waals surface area contributed by atoms with E-state index in [1.165, 1.54) is 6.07 Å². The van der Waals surface area contributed by atoms with Gasteiger partial charge in [-0.05, 0) is 54.4 Å². The van der Waals surface area contributed by atoms with Crippen molar-refractivity contribution in [1.29, 1.82) is 0 Å². The molecule has 2 fully saturated rings. The van der Waals surface area contributed by atoms with Crippen LogP contribution in [0.25, 0.3) is 39.3 Å². The minimum atomic E-state index is -5.29. The largest absolute Gasteiger partial charge is 0.491 e. The molecular formula is C30H22F4N6O2. The first kappa shape index (κ1) is 26.1. The van der Waals surface area contributed by atoms with E-state index in [1.807, 2.05) is 18.2 Å². The molecule has 0 radical (unpaired) electrons. The Kier molecular flexibility index (Phi) is 6.15. The molecule has 0 aliphatic carbocycles. The van der Waals surface area contributed by atoms with Crippen LogP contribution in [0.3, 0.4) is 0 Å². The molecule has 3 aromatic heterocycles. The molecule has 2 aromatic carbocycles. The second-order valence-electron chi connectivity index (χ2n) is 10.3. The number of nitrogens with zero attached hydrogens (tertiary/aromatic N) is 5. The molecule has 42 heavy (non-hydrogen) atoms. The van der Waals surface area contributed by atoms with Crippen molar-refractivity contribution < 1.29 is 27.1 Å². The number of hydrogen-bond acceptors (Lipinski definition) is 7. The second-order valence-corrected chi connectivity index (χ2v) is 10.3. The number of hydrogen-bond donors (Lipinski definition) is 1. The lowest BCUT2D eigenvalue weighted by Gasteiger charge is -2.29. The van der Waals surface area contributed by atoms with Crippen LogP contribution in [0.15, 0.2) is 79.3 Å². The summed E-state index contributed by atoms with van der Waals surface area (Å²) in [6.45, 7) is 1.95. The highest BCUT2D eigenvalue weighted by Crippen LogP contribution is 2.39. The number of alkyl halides is 3. The van der Waals surface area contributed by atoms with Crippen LogP contribution in [0.4, 0.5) is 23.2 Å². The van der Waals surface area contributed by atoms with Crippen LogP contribution in [0.1, 0.15) is 6.42 Å². The number of nitrogens with one attached hydrogen (secondary N) is 1. The summed E-state index contributed by atoms with van der Waals surface area (Å²) >= 11 is 0. The molecular weight excluding hydrogens is 552 g/mol. The zero-order chi connectivity index (χ0) is 29.0. The van der Waals surface area contributed by atoms with E-state index < -0.39 is 23.7 Å². The van der Waals surface area contributed by atoms with Gasteiger partial charge in [0.15, 0.2) is 17.2 Å². The molecule has 2 saturated heterocycles. The van der Waals surface area contributed by atoms with E-state index in [1.54, 1.807) is 35.2 Å². The zero-order valence-electron chi connectivity index (χ0n) is 21.8. The standard InChI is InChI=1S/C30H22F4N6O2/c31-23-6-3-19(13-25(23)42-29(41)30(32,33)34)26-27(18-7-10-35-11-8-18)38-40-24(9-12-36-28(26)40)17-1-4-21(5-2-17)39-16-20-14-22(39)15-37-20/h1-13,20,22,37H,14-16H2/t20-,22-/m0/s1. The van der Waals surface area contributed by atoms with E-state index in [9.17, 15) is 22.4 Å². The third-order valence-electron chi connectivity index (χ3n) is 7.68. The van der Waals surface area contributed by atoms with Crippen LogP contribution in [-0.4, -0.2) is 56.9 Å². The molecule has 2 atom stereocenters. The number of esters is 1. The van der Waals surface area contributed by atoms with Gasteiger partial charge in [0, 0.05) is 60.6 Å². The average Bonchev–Trinajstić information content (AvgIpc) is 3.73. The summed E-state index contributed by atoms with van der Waals surface area (Å²) in [5.74, 6) is -4.49. The van der Waals surface area contributed by atoms with Gasteiger partial charge in [-0.15, -0.1) is 0 Å². The summed E-state index contributed by atoms with van der Waals surface area (Å²) in [5, 5.41) is 8.36. The van der Waals surface area contributed by atoms with Gasteiger partial charge in [0.2, 0.25) is 0 Å². The Balaban J connectivity index is 1.34. The Morgan fingerprint density at radius 3 is 2.40 bits per heavy atom. The number of pyridine rings is 1. The molecule has 12 heteroatoms. The Morgan fingerprint density at radius 1 is 0.952 bits per heavy atom. The maximum absolute atomic E-state index is 14.5. The first-order chi connectivity index (χ1) is 20.3. The Morgan fingerprint density at radius 2 is 1.71 bits per heavy atom. The van der Waals surface area contributed by atoms with Crippen molar-refractivity contribution in [3.05, 3.63) is 85.1 Å². The fourth-order valence-corrected chi connectivity index (χ4v) is 5.74. The van der Waals surface area contributed by atoms with Gasteiger partial charge in [-0.3, -0.25) is 4.98 Å². The molecule has 2 bridgehead atoms. The number of fused-ring (bicyclic) bond motifs is 3. The second kappa shape index (κ2) is 9.91. The van der Waals surface area contributed by atoms with Crippen LogP contribution < -0.4 is 15.0 Å². The predicted molar refractivity (Wildman–Crippen MR) is 146 cm³/mol. The topological polar surface area (TPSA) is 84.6 Å². The molecule has 5 aromatic rings. The average molecular weight is 575 g/mol. The minimum Gasteiger partial charge on any atom is -0.417 e. The minimum absolute atomic E-state index is 0.265. The first-order valence-electron chi connectivity index (χ1n) is 13.2. The highest BCUT2D eigenvalue weighted by Gasteiger charge is 2.42. The molecule has 0 amide bonds. The summed E-state index contributed by atoms with van der Waals surface area (Å²) in [7, 11) is 0. The Hall–Kier alpha value is -4.84. The van der Waals surface area contributed by atoms with Gasteiger partial charge in [-0.1, -0.05) is 18.2 Å². The maximum atomic E-state index is 14.5. The molecule has 7 rings (SSSR count). The van der Waals surface area contributed by atoms with Crippen molar-refractivity contribution in [2.45, 2.75) is 24.7 Å². The number of piperazine rings is 1. The van der Waals surface area contributed by atoms with E-state index in [-0.39, 0.29) is 5.56 Å². The molecule has 0 unspecified atom stereocenters. The monoisotopic (exact) mass is 574 g/mol. The molecule has 212 valence electrons. The fraction of sp³-hybridized carbons (Fsp3) is 0.200. The molecule has 5 heterocycles. The lowest BCUT2D eigenvalue weighted by molar-refractivity contribution is -0.189.